The summed E-state index contributed by atoms with van der Waals surface area (Å²) in [6.45, 7) is 4.56. The number of carbonyl (C=O) groups is 3. The number of nitrogens with one attached hydrogen (secondary N) is 1. The van der Waals surface area contributed by atoms with Crippen LogP contribution in [0.2, 0.25) is 5.02 Å². The number of hydrogen-bond acceptors (Lipinski definition) is 3. The van der Waals surface area contributed by atoms with Crippen molar-refractivity contribution in [2.45, 2.75) is 33.1 Å². The Hall–Kier alpha value is -2.08. The predicted octanol–water partition coefficient (Wildman–Crippen LogP) is 3.51. The van der Waals surface area contributed by atoms with Gasteiger partial charge < -0.3 is 15.3 Å². The first-order chi connectivity index (χ1) is 12.8. The number of nitrogens with zero attached hydrogens (tertiary/aromatic N) is 1. The summed E-state index contributed by atoms with van der Waals surface area (Å²) < 4.78 is 0. The molecule has 2 amide bonds. The second-order valence-corrected chi connectivity index (χ2v) is 8.40. The quantitative estimate of drug-likeness (QED) is 0.775. The lowest BCUT2D eigenvalue weighted by Gasteiger charge is -2.18. The van der Waals surface area contributed by atoms with Gasteiger partial charge in [0.2, 0.25) is 5.91 Å². The van der Waals surface area contributed by atoms with Gasteiger partial charge in [0.05, 0.1) is 16.5 Å². The minimum absolute atomic E-state index is 0.0131. The van der Waals surface area contributed by atoms with Crippen LogP contribution in [0.15, 0.2) is 18.2 Å². The average Bonchev–Trinajstić information content (AvgIpc) is 3.33. The maximum absolute atomic E-state index is 13.0. The van der Waals surface area contributed by atoms with Gasteiger partial charge in [-0.1, -0.05) is 25.4 Å². The minimum atomic E-state index is -0.844. The number of carboxylic acid groups (broad SMARTS) is 1. The van der Waals surface area contributed by atoms with E-state index < -0.39 is 11.9 Å². The van der Waals surface area contributed by atoms with Crippen molar-refractivity contribution in [2.24, 2.45) is 23.7 Å². The molecule has 1 aliphatic heterocycles. The van der Waals surface area contributed by atoms with Crippen LogP contribution in [-0.2, 0) is 9.59 Å². The normalized spacial score (nSPS) is 22.1. The van der Waals surface area contributed by atoms with Crippen molar-refractivity contribution in [1.29, 1.82) is 0 Å². The van der Waals surface area contributed by atoms with E-state index in [1.165, 1.54) is 0 Å². The number of anilines is 1. The Morgan fingerprint density at radius 1 is 1.26 bits per heavy atom. The van der Waals surface area contributed by atoms with Gasteiger partial charge in [0, 0.05) is 25.2 Å². The number of hydrogen-bond donors (Lipinski definition) is 2. The summed E-state index contributed by atoms with van der Waals surface area (Å²) in [6, 6.07) is 4.82. The Bertz CT molecular complexity index is 760. The molecule has 0 bridgehead atoms. The molecule has 2 aliphatic rings. The van der Waals surface area contributed by atoms with E-state index in [2.05, 4.69) is 5.32 Å². The largest absolute Gasteiger partial charge is 0.481 e. The highest BCUT2D eigenvalue weighted by Crippen LogP contribution is 2.44. The second-order valence-electron chi connectivity index (χ2n) is 8.00. The van der Waals surface area contributed by atoms with Gasteiger partial charge in [-0.15, -0.1) is 0 Å². The number of aliphatic carboxylic acids is 1. The third-order valence-electron chi connectivity index (χ3n) is 5.27. The molecule has 27 heavy (non-hydrogen) atoms. The van der Waals surface area contributed by atoms with Crippen LogP contribution in [0.1, 0.15) is 43.5 Å². The number of halogens is 1. The third-order valence-corrected chi connectivity index (χ3v) is 5.60. The zero-order valence-electron chi connectivity index (χ0n) is 15.6. The molecule has 1 aliphatic carbocycles. The first-order valence-corrected chi connectivity index (χ1v) is 9.75. The zero-order chi connectivity index (χ0) is 19.7. The third kappa shape index (κ3) is 4.61. The van der Waals surface area contributed by atoms with E-state index in [9.17, 15) is 19.5 Å². The number of benzene rings is 1. The molecule has 0 aromatic heterocycles. The van der Waals surface area contributed by atoms with E-state index >= 15 is 0 Å². The van der Waals surface area contributed by atoms with Crippen molar-refractivity contribution in [3.05, 3.63) is 28.8 Å². The van der Waals surface area contributed by atoms with Gasteiger partial charge in [-0.25, -0.2) is 0 Å². The molecule has 0 spiro atoms. The van der Waals surface area contributed by atoms with Crippen molar-refractivity contribution < 1.29 is 19.5 Å². The van der Waals surface area contributed by atoms with Crippen molar-refractivity contribution in [1.82, 2.24) is 4.90 Å². The summed E-state index contributed by atoms with van der Waals surface area (Å²) in [5.41, 5.74) is 0.806. The van der Waals surface area contributed by atoms with Gasteiger partial charge in [-0.3, -0.25) is 14.4 Å². The van der Waals surface area contributed by atoms with Gasteiger partial charge in [0.15, 0.2) is 0 Å². The Morgan fingerprint density at radius 2 is 1.96 bits per heavy atom. The minimum Gasteiger partial charge on any atom is -0.481 e. The van der Waals surface area contributed by atoms with Crippen LogP contribution < -0.4 is 5.32 Å². The molecule has 0 radical (unpaired) electrons. The first kappa shape index (κ1) is 19.7. The molecule has 6 nitrogen and oxygen atoms in total. The number of rotatable bonds is 6. The Labute approximate surface area is 163 Å². The summed E-state index contributed by atoms with van der Waals surface area (Å²) in [4.78, 5) is 38.1. The second kappa shape index (κ2) is 7.89. The molecule has 0 unspecified atom stereocenters. The van der Waals surface area contributed by atoms with Crippen LogP contribution in [0.5, 0.6) is 0 Å². The van der Waals surface area contributed by atoms with Gasteiger partial charge >= 0.3 is 5.97 Å². The van der Waals surface area contributed by atoms with E-state index in [4.69, 9.17) is 11.6 Å². The monoisotopic (exact) mass is 392 g/mol. The maximum atomic E-state index is 13.0. The van der Waals surface area contributed by atoms with E-state index in [1.54, 1.807) is 23.1 Å². The number of carbonyl (C=O) groups excluding carboxylic acids is 2. The van der Waals surface area contributed by atoms with Crippen LogP contribution in [0.4, 0.5) is 5.69 Å². The SMILES string of the molecule is CC(C)CC(=O)Nc1ccc(Cl)c(C(=O)N2C[C@H](C(=O)O)[C@@H](C3CC3)C2)c1. The lowest BCUT2D eigenvalue weighted by molar-refractivity contribution is -0.142. The number of likely N-dealkylation sites (tertiary alicyclic amines) is 1. The van der Waals surface area contributed by atoms with Crippen LogP contribution in [-0.4, -0.2) is 40.9 Å². The predicted molar refractivity (Wildman–Crippen MR) is 103 cm³/mol. The standard InChI is InChI=1S/C20H25ClN2O4/c1-11(2)7-18(24)22-13-5-6-17(21)14(8-13)19(25)23-9-15(12-3-4-12)16(10-23)20(26)27/h5-6,8,11-12,15-16H,3-4,7,9-10H2,1-2H3,(H,22,24)(H,26,27)/t15-,16+/m1/s1. The summed E-state index contributed by atoms with van der Waals surface area (Å²) in [7, 11) is 0. The van der Waals surface area contributed by atoms with Crippen LogP contribution in [0, 0.1) is 23.7 Å². The van der Waals surface area contributed by atoms with Gasteiger partial charge in [0.25, 0.3) is 5.91 Å². The van der Waals surface area contributed by atoms with Crippen molar-refractivity contribution in [3.63, 3.8) is 0 Å². The molecule has 1 aromatic rings. The molecule has 1 saturated carbocycles. The van der Waals surface area contributed by atoms with Gasteiger partial charge in [-0.2, -0.15) is 0 Å². The average molecular weight is 393 g/mol. The zero-order valence-corrected chi connectivity index (χ0v) is 16.3. The summed E-state index contributed by atoms with van der Waals surface area (Å²) in [6.07, 6.45) is 2.46. The molecular formula is C20H25ClN2O4. The van der Waals surface area contributed by atoms with E-state index in [-0.39, 0.29) is 30.2 Å². The lowest BCUT2D eigenvalue weighted by atomic mass is 9.92. The fourth-order valence-electron chi connectivity index (χ4n) is 3.78. The fraction of sp³-hybridized carbons (Fsp3) is 0.550. The molecule has 1 saturated heterocycles. The lowest BCUT2D eigenvalue weighted by Crippen LogP contribution is -2.30. The Morgan fingerprint density at radius 3 is 2.56 bits per heavy atom. The molecule has 2 fully saturated rings. The number of amides is 2. The van der Waals surface area contributed by atoms with E-state index in [0.29, 0.717) is 35.2 Å². The van der Waals surface area contributed by atoms with Crippen LogP contribution in [0.3, 0.4) is 0 Å². The number of carboxylic acids is 1. The highest BCUT2D eigenvalue weighted by atomic mass is 35.5. The summed E-state index contributed by atoms with van der Waals surface area (Å²) >= 11 is 6.22. The highest BCUT2D eigenvalue weighted by Gasteiger charge is 2.47. The molecular weight excluding hydrogens is 368 g/mol. The molecule has 2 N–H and O–H groups in total. The van der Waals surface area contributed by atoms with Crippen molar-refractivity contribution >= 4 is 35.1 Å². The van der Waals surface area contributed by atoms with Crippen molar-refractivity contribution in [2.75, 3.05) is 18.4 Å². The van der Waals surface area contributed by atoms with Crippen LogP contribution in [0.25, 0.3) is 0 Å². The Balaban J connectivity index is 1.75. The first-order valence-electron chi connectivity index (χ1n) is 9.37. The van der Waals surface area contributed by atoms with Crippen LogP contribution >= 0.6 is 11.6 Å². The molecule has 3 rings (SSSR count). The molecule has 146 valence electrons. The smallest absolute Gasteiger partial charge is 0.308 e. The van der Waals surface area contributed by atoms with Gasteiger partial charge in [-0.05, 0) is 48.8 Å². The molecule has 1 heterocycles. The van der Waals surface area contributed by atoms with Gasteiger partial charge in [0.1, 0.15) is 0 Å². The van der Waals surface area contributed by atoms with E-state index in [0.717, 1.165) is 12.8 Å². The summed E-state index contributed by atoms with van der Waals surface area (Å²) in [5.74, 6) is -1.12. The maximum Gasteiger partial charge on any atom is 0.308 e. The molecule has 2 atom stereocenters. The topological polar surface area (TPSA) is 86.7 Å². The van der Waals surface area contributed by atoms with E-state index in [1.807, 2.05) is 13.8 Å². The van der Waals surface area contributed by atoms with Crippen molar-refractivity contribution in [3.8, 4) is 0 Å². The molecule has 7 heteroatoms. The fourth-order valence-corrected chi connectivity index (χ4v) is 3.98. The summed E-state index contributed by atoms with van der Waals surface area (Å²) in [5, 5.41) is 12.6. The highest BCUT2D eigenvalue weighted by molar-refractivity contribution is 6.34. The Kier molecular flexibility index (Phi) is 5.75. The molecule has 1 aromatic carbocycles.